The lowest BCUT2D eigenvalue weighted by Gasteiger charge is -2.38. The molecule has 0 aromatic heterocycles. The van der Waals surface area contributed by atoms with E-state index in [9.17, 15) is 4.39 Å². The molecular weight excluding hydrogens is 245 g/mol. The van der Waals surface area contributed by atoms with E-state index in [0.29, 0.717) is 0 Å². The number of benzene rings is 1. The lowest BCUT2D eigenvalue weighted by atomic mass is 9.84. The quantitative estimate of drug-likeness (QED) is 0.859. The van der Waals surface area contributed by atoms with E-state index < -0.39 is 5.67 Å². The van der Waals surface area contributed by atoms with Gasteiger partial charge >= 0.3 is 0 Å². The Hall–Kier alpha value is -0.410. The predicted octanol–water partition coefficient (Wildman–Crippen LogP) is 3.00. The van der Waals surface area contributed by atoms with Crippen molar-refractivity contribution in [3.63, 3.8) is 0 Å². The first-order chi connectivity index (χ1) is 6.60. The van der Waals surface area contributed by atoms with Gasteiger partial charge in [0.2, 0.25) is 0 Å². The summed E-state index contributed by atoms with van der Waals surface area (Å²) in [5, 5.41) is 3.11. The first kappa shape index (κ1) is 10.1. The highest BCUT2D eigenvalue weighted by Gasteiger charge is 2.39. The Morgan fingerprint density at radius 3 is 2.79 bits per heavy atom. The summed E-state index contributed by atoms with van der Waals surface area (Å²) in [5.41, 5.74) is -0.522. The van der Waals surface area contributed by atoms with Crippen LogP contribution in [0.2, 0.25) is 0 Å². The molecular formula is C11H13BrFN. The smallest absolute Gasteiger partial charge is 0.148 e. The first-order valence-electron chi connectivity index (χ1n) is 4.79. The number of hydrogen-bond donors (Lipinski definition) is 1. The molecule has 1 nitrogen and oxygen atoms in total. The zero-order chi connectivity index (χ0) is 10.2. The van der Waals surface area contributed by atoms with Gasteiger partial charge in [0, 0.05) is 10.5 Å². The van der Waals surface area contributed by atoms with Gasteiger partial charge < -0.3 is 5.32 Å². The van der Waals surface area contributed by atoms with Crippen molar-refractivity contribution in [2.75, 3.05) is 6.54 Å². The third-order valence-corrected chi connectivity index (χ3v) is 3.36. The third-order valence-electron chi connectivity index (χ3n) is 2.87. The van der Waals surface area contributed by atoms with Gasteiger partial charge in [-0.15, -0.1) is 0 Å². The van der Waals surface area contributed by atoms with E-state index in [2.05, 4.69) is 21.2 Å². The molecule has 1 fully saturated rings. The van der Waals surface area contributed by atoms with Crippen LogP contribution >= 0.6 is 15.9 Å². The Balaban J connectivity index is 2.28. The molecule has 1 heterocycles. The fraction of sp³-hybridized carbons (Fsp3) is 0.455. The van der Waals surface area contributed by atoms with E-state index in [4.69, 9.17) is 0 Å². The SMILES string of the molecule is CC(F)(c1cccc(Br)c1)C1CCN1. The second kappa shape index (κ2) is 3.63. The van der Waals surface area contributed by atoms with Gasteiger partial charge in [-0.05, 0) is 37.6 Å². The second-order valence-electron chi connectivity index (χ2n) is 3.88. The monoisotopic (exact) mass is 257 g/mol. The van der Waals surface area contributed by atoms with Crippen LogP contribution < -0.4 is 5.32 Å². The normalized spacial score (nSPS) is 25.2. The Kier molecular flexibility index (Phi) is 2.62. The minimum atomic E-state index is -1.26. The van der Waals surface area contributed by atoms with Crippen LogP contribution in [0.25, 0.3) is 0 Å². The molecule has 0 radical (unpaired) electrons. The van der Waals surface area contributed by atoms with Gasteiger partial charge in [0.25, 0.3) is 0 Å². The Bertz CT molecular complexity index is 334. The van der Waals surface area contributed by atoms with Crippen LogP contribution in [0.1, 0.15) is 18.9 Å². The van der Waals surface area contributed by atoms with Crippen LogP contribution in [-0.4, -0.2) is 12.6 Å². The van der Waals surface area contributed by atoms with Crippen LogP contribution in [0.3, 0.4) is 0 Å². The number of nitrogens with one attached hydrogen (secondary N) is 1. The molecule has 1 saturated heterocycles. The predicted molar refractivity (Wildman–Crippen MR) is 59.0 cm³/mol. The number of alkyl halides is 1. The molecule has 0 aliphatic carbocycles. The average Bonchev–Trinajstić information content (AvgIpc) is 2.00. The molecule has 76 valence electrons. The second-order valence-corrected chi connectivity index (χ2v) is 4.80. The van der Waals surface area contributed by atoms with Crippen molar-refractivity contribution in [1.82, 2.24) is 5.32 Å². The largest absolute Gasteiger partial charge is 0.311 e. The molecule has 2 atom stereocenters. The standard InChI is InChI=1S/C11H13BrFN/c1-11(13,10-5-6-14-10)8-3-2-4-9(12)7-8/h2-4,7,10,14H,5-6H2,1H3. The fourth-order valence-corrected chi connectivity index (χ4v) is 2.14. The molecule has 1 aliphatic heterocycles. The van der Waals surface area contributed by atoms with Crippen LogP contribution in [-0.2, 0) is 5.67 Å². The van der Waals surface area contributed by atoms with Crippen LogP contribution in [0.5, 0.6) is 0 Å². The van der Waals surface area contributed by atoms with Crippen molar-refractivity contribution < 1.29 is 4.39 Å². The minimum Gasteiger partial charge on any atom is -0.311 e. The fourth-order valence-electron chi connectivity index (χ4n) is 1.75. The van der Waals surface area contributed by atoms with Crippen molar-refractivity contribution in [2.45, 2.75) is 25.1 Å². The van der Waals surface area contributed by atoms with Crippen molar-refractivity contribution in [3.05, 3.63) is 34.3 Å². The van der Waals surface area contributed by atoms with Crippen LogP contribution in [0.4, 0.5) is 4.39 Å². The Morgan fingerprint density at radius 1 is 1.57 bits per heavy atom. The van der Waals surface area contributed by atoms with Gasteiger partial charge in [0.15, 0.2) is 0 Å². The van der Waals surface area contributed by atoms with Gasteiger partial charge in [-0.1, -0.05) is 28.1 Å². The molecule has 2 unspecified atom stereocenters. The van der Waals surface area contributed by atoms with E-state index in [-0.39, 0.29) is 6.04 Å². The maximum Gasteiger partial charge on any atom is 0.148 e. The van der Waals surface area contributed by atoms with Gasteiger partial charge in [-0.3, -0.25) is 0 Å². The molecule has 1 N–H and O–H groups in total. The molecule has 0 amide bonds. The maximum atomic E-state index is 14.4. The summed E-state index contributed by atoms with van der Waals surface area (Å²) in [6.07, 6.45) is 0.916. The van der Waals surface area contributed by atoms with Gasteiger partial charge in [-0.25, -0.2) is 4.39 Å². The van der Waals surface area contributed by atoms with E-state index in [1.165, 1.54) is 0 Å². The molecule has 1 aromatic carbocycles. The van der Waals surface area contributed by atoms with Gasteiger partial charge in [-0.2, -0.15) is 0 Å². The summed E-state index contributed by atoms with van der Waals surface area (Å²) in [6.45, 7) is 2.57. The zero-order valence-corrected chi connectivity index (χ0v) is 9.64. The summed E-state index contributed by atoms with van der Waals surface area (Å²) >= 11 is 3.36. The highest BCUT2D eigenvalue weighted by atomic mass is 79.9. The van der Waals surface area contributed by atoms with Crippen LogP contribution in [0.15, 0.2) is 28.7 Å². The molecule has 1 aromatic rings. The molecule has 1 aliphatic rings. The third kappa shape index (κ3) is 1.71. The van der Waals surface area contributed by atoms with Crippen molar-refractivity contribution in [2.24, 2.45) is 0 Å². The number of halogens is 2. The van der Waals surface area contributed by atoms with E-state index in [1.54, 1.807) is 6.92 Å². The van der Waals surface area contributed by atoms with Gasteiger partial charge in [0.05, 0.1) is 0 Å². The summed E-state index contributed by atoms with van der Waals surface area (Å²) in [6, 6.07) is 7.44. The average molecular weight is 258 g/mol. The first-order valence-corrected chi connectivity index (χ1v) is 5.58. The molecule has 3 heteroatoms. The summed E-state index contributed by atoms with van der Waals surface area (Å²) in [5.74, 6) is 0. The topological polar surface area (TPSA) is 12.0 Å². The molecule has 14 heavy (non-hydrogen) atoms. The lowest BCUT2D eigenvalue weighted by molar-refractivity contribution is 0.0858. The minimum absolute atomic E-state index is 0.0307. The Morgan fingerprint density at radius 2 is 2.29 bits per heavy atom. The van der Waals surface area contributed by atoms with Crippen LogP contribution in [0, 0.1) is 0 Å². The van der Waals surface area contributed by atoms with Crippen molar-refractivity contribution >= 4 is 15.9 Å². The van der Waals surface area contributed by atoms with E-state index >= 15 is 0 Å². The van der Waals surface area contributed by atoms with Gasteiger partial charge in [0.1, 0.15) is 5.67 Å². The summed E-state index contributed by atoms with van der Waals surface area (Å²) in [4.78, 5) is 0. The van der Waals surface area contributed by atoms with Crippen molar-refractivity contribution in [3.8, 4) is 0 Å². The van der Waals surface area contributed by atoms with Crippen molar-refractivity contribution in [1.29, 1.82) is 0 Å². The maximum absolute atomic E-state index is 14.4. The summed E-state index contributed by atoms with van der Waals surface area (Å²) in [7, 11) is 0. The molecule has 0 saturated carbocycles. The number of hydrogen-bond acceptors (Lipinski definition) is 1. The molecule has 0 bridgehead atoms. The number of rotatable bonds is 2. The van der Waals surface area contributed by atoms with E-state index in [0.717, 1.165) is 23.0 Å². The summed E-state index contributed by atoms with van der Waals surface area (Å²) < 4.78 is 15.3. The Labute approximate surface area is 91.8 Å². The highest BCUT2D eigenvalue weighted by Crippen LogP contribution is 2.34. The van der Waals surface area contributed by atoms with E-state index in [1.807, 2.05) is 24.3 Å². The lowest BCUT2D eigenvalue weighted by Crippen LogP contribution is -2.53. The molecule has 2 rings (SSSR count). The molecule has 0 spiro atoms. The highest BCUT2D eigenvalue weighted by molar-refractivity contribution is 9.10. The zero-order valence-electron chi connectivity index (χ0n) is 8.06.